The number of ketones is 1. The number of rotatable bonds is 6. The van der Waals surface area contributed by atoms with Crippen LogP contribution in [0.1, 0.15) is 22.8 Å². The van der Waals surface area contributed by atoms with Crippen LogP contribution in [0.4, 0.5) is 0 Å². The molecule has 2 aromatic carbocycles. The van der Waals surface area contributed by atoms with Gasteiger partial charge in [-0.25, -0.2) is 0 Å². The Hall–Kier alpha value is -2.49. The van der Waals surface area contributed by atoms with E-state index in [1.165, 1.54) is 6.92 Å². The van der Waals surface area contributed by atoms with Crippen molar-refractivity contribution in [3.8, 4) is 17.2 Å². The average Bonchev–Trinajstić information content (AvgIpc) is 2.52. The fourth-order valence-electron chi connectivity index (χ4n) is 1.94. The van der Waals surface area contributed by atoms with E-state index < -0.39 is 0 Å². The second-order valence-corrected chi connectivity index (χ2v) is 4.56. The molecule has 0 spiro atoms. The van der Waals surface area contributed by atoms with Crippen molar-refractivity contribution in [3.63, 3.8) is 0 Å². The minimum Gasteiger partial charge on any atom is -0.493 e. The molecule has 2 rings (SSSR count). The maximum Gasteiger partial charge on any atom is 0.161 e. The molecule has 0 saturated heterocycles. The molecule has 0 saturated carbocycles. The van der Waals surface area contributed by atoms with Crippen molar-refractivity contribution in [3.05, 3.63) is 53.6 Å². The number of hydrogen-bond acceptors (Lipinski definition) is 4. The zero-order valence-corrected chi connectivity index (χ0v) is 12.4. The molecule has 0 aliphatic rings. The van der Waals surface area contributed by atoms with Crippen LogP contribution in [0.2, 0.25) is 0 Å². The van der Waals surface area contributed by atoms with Gasteiger partial charge in [0.2, 0.25) is 0 Å². The molecule has 0 radical (unpaired) electrons. The molecule has 0 heterocycles. The summed E-state index contributed by atoms with van der Waals surface area (Å²) in [6.07, 6.45) is 0. The highest BCUT2D eigenvalue weighted by Crippen LogP contribution is 2.28. The molecule has 2 aromatic rings. The van der Waals surface area contributed by atoms with Crippen molar-refractivity contribution in [2.45, 2.75) is 13.5 Å². The molecule has 0 aliphatic carbocycles. The van der Waals surface area contributed by atoms with E-state index in [2.05, 4.69) is 0 Å². The first-order chi connectivity index (χ1) is 10.1. The van der Waals surface area contributed by atoms with Crippen molar-refractivity contribution in [2.24, 2.45) is 0 Å². The monoisotopic (exact) mass is 286 g/mol. The molecule has 110 valence electrons. The Labute approximate surface area is 124 Å². The maximum atomic E-state index is 11.3. The normalized spacial score (nSPS) is 10.0. The number of carbonyl (C=O) groups excluding carboxylic acids is 1. The molecule has 0 unspecified atom stereocenters. The Balaban J connectivity index is 2.09. The number of Topliss-reactive ketones (excluding diaryl/α,β-unsaturated/α-hetero) is 1. The summed E-state index contributed by atoms with van der Waals surface area (Å²) in [5.41, 5.74) is 1.60. The van der Waals surface area contributed by atoms with Gasteiger partial charge in [0.1, 0.15) is 12.4 Å². The predicted molar refractivity (Wildman–Crippen MR) is 80.3 cm³/mol. The van der Waals surface area contributed by atoms with Gasteiger partial charge in [-0.05, 0) is 36.8 Å². The third-order valence-electron chi connectivity index (χ3n) is 3.09. The largest absolute Gasteiger partial charge is 0.493 e. The van der Waals surface area contributed by atoms with Crippen molar-refractivity contribution in [1.29, 1.82) is 0 Å². The maximum absolute atomic E-state index is 11.3. The summed E-state index contributed by atoms with van der Waals surface area (Å²) in [5.74, 6) is 2.03. The van der Waals surface area contributed by atoms with Crippen LogP contribution in [0.15, 0.2) is 42.5 Å². The lowest BCUT2D eigenvalue weighted by Crippen LogP contribution is -1.99. The van der Waals surface area contributed by atoms with Gasteiger partial charge < -0.3 is 14.2 Å². The lowest BCUT2D eigenvalue weighted by atomic mass is 10.1. The highest BCUT2D eigenvalue weighted by atomic mass is 16.5. The van der Waals surface area contributed by atoms with Gasteiger partial charge in [0.15, 0.2) is 17.3 Å². The first-order valence-electron chi connectivity index (χ1n) is 6.58. The Bertz CT molecular complexity index is 634. The second kappa shape index (κ2) is 6.79. The van der Waals surface area contributed by atoms with Gasteiger partial charge in [0.05, 0.1) is 14.2 Å². The van der Waals surface area contributed by atoms with Gasteiger partial charge >= 0.3 is 0 Å². The van der Waals surface area contributed by atoms with Gasteiger partial charge in [-0.3, -0.25) is 4.79 Å². The first-order valence-corrected chi connectivity index (χ1v) is 6.58. The third kappa shape index (κ3) is 3.75. The summed E-state index contributed by atoms with van der Waals surface area (Å²) < 4.78 is 16.2. The van der Waals surface area contributed by atoms with E-state index >= 15 is 0 Å². The SMILES string of the molecule is COc1ccc(COc2cccc(C(C)=O)c2)cc1OC. The minimum absolute atomic E-state index is 0.0200. The lowest BCUT2D eigenvalue weighted by molar-refractivity contribution is 0.101. The van der Waals surface area contributed by atoms with E-state index in [1.807, 2.05) is 24.3 Å². The number of ether oxygens (including phenoxy) is 3. The first kappa shape index (κ1) is 14.9. The van der Waals surface area contributed by atoms with Crippen LogP contribution < -0.4 is 14.2 Å². The highest BCUT2D eigenvalue weighted by Gasteiger charge is 2.06. The molecular formula is C17H18O4. The molecule has 0 aliphatic heterocycles. The minimum atomic E-state index is 0.0200. The number of methoxy groups -OCH3 is 2. The number of hydrogen-bond donors (Lipinski definition) is 0. The van der Waals surface area contributed by atoms with Gasteiger partial charge in [-0.2, -0.15) is 0 Å². The summed E-state index contributed by atoms with van der Waals surface area (Å²) in [4.78, 5) is 11.3. The van der Waals surface area contributed by atoms with Crippen LogP contribution in [-0.4, -0.2) is 20.0 Å². The smallest absolute Gasteiger partial charge is 0.161 e. The standard InChI is InChI=1S/C17H18O4/c1-12(18)14-5-4-6-15(10-14)21-11-13-7-8-16(19-2)17(9-13)20-3/h4-10H,11H2,1-3H3. The van der Waals surface area contributed by atoms with Gasteiger partial charge in [-0.1, -0.05) is 18.2 Å². The summed E-state index contributed by atoms with van der Waals surface area (Å²) in [6, 6.07) is 12.8. The van der Waals surface area contributed by atoms with Gasteiger partial charge in [-0.15, -0.1) is 0 Å². The Morgan fingerprint density at radius 2 is 1.76 bits per heavy atom. The fourth-order valence-corrected chi connectivity index (χ4v) is 1.94. The molecule has 0 aromatic heterocycles. The number of benzene rings is 2. The van der Waals surface area contributed by atoms with Crippen molar-refractivity contribution < 1.29 is 19.0 Å². The van der Waals surface area contributed by atoms with Crippen molar-refractivity contribution >= 4 is 5.78 Å². The van der Waals surface area contributed by atoms with Gasteiger partial charge in [0.25, 0.3) is 0 Å². The Morgan fingerprint density at radius 1 is 1.00 bits per heavy atom. The van der Waals surface area contributed by atoms with E-state index in [4.69, 9.17) is 14.2 Å². The van der Waals surface area contributed by atoms with Crippen LogP contribution in [0.5, 0.6) is 17.2 Å². The van der Waals surface area contributed by atoms with Crippen molar-refractivity contribution in [1.82, 2.24) is 0 Å². The topological polar surface area (TPSA) is 44.8 Å². The lowest BCUT2D eigenvalue weighted by Gasteiger charge is -2.11. The van der Waals surface area contributed by atoms with E-state index in [-0.39, 0.29) is 5.78 Å². The van der Waals surface area contributed by atoms with E-state index in [0.717, 1.165) is 5.56 Å². The summed E-state index contributed by atoms with van der Waals surface area (Å²) >= 11 is 0. The molecule has 4 nitrogen and oxygen atoms in total. The van der Waals surface area contributed by atoms with Crippen LogP contribution in [0.3, 0.4) is 0 Å². The molecule has 0 N–H and O–H groups in total. The highest BCUT2D eigenvalue weighted by molar-refractivity contribution is 5.94. The Kier molecular flexibility index (Phi) is 4.82. The molecule has 21 heavy (non-hydrogen) atoms. The molecular weight excluding hydrogens is 268 g/mol. The van der Waals surface area contributed by atoms with Gasteiger partial charge in [0, 0.05) is 5.56 Å². The summed E-state index contributed by atoms with van der Waals surface area (Å²) in [5, 5.41) is 0. The molecule has 0 atom stereocenters. The third-order valence-corrected chi connectivity index (χ3v) is 3.09. The molecule has 0 bridgehead atoms. The van der Waals surface area contributed by atoms with E-state index in [0.29, 0.717) is 29.4 Å². The average molecular weight is 286 g/mol. The van der Waals surface area contributed by atoms with E-state index in [9.17, 15) is 4.79 Å². The summed E-state index contributed by atoms with van der Waals surface area (Å²) in [6.45, 7) is 1.93. The molecule has 4 heteroatoms. The quantitative estimate of drug-likeness (QED) is 0.763. The predicted octanol–water partition coefficient (Wildman–Crippen LogP) is 3.49. The van der Waals surface area contributed by atoms with Crippen LogP contribution >= 0.6 is 0 Å². The Morgan fingerprint density at radius 3 is 2.43 bits per heavy atom. The van der Waals surface area contributed by atoms with Crippen LogP contribution in [0.25, 0.3) is 0 Å². The van der Waals surface area contributed by atoms with Crippen LogP contribution in [0, 0.1) is 0 Å². The number of carbonyl (C=O) groups is 1. The zero-order chi connectivity index (χ0) is 15.2. The molecule has 0 amide bonds. The second-order valence-electron chi connectivity index (χ2n) is 4.56. The molecule has 0 fully saturated rings. The van der Waals surface area contributed by atoms with Crippen molar-refractivity contribution in [2.75, 3.05) is 14.2 Å². The van der Waals surface area contributed by atoms with E-state index in [1.54, 1.807) is 32.4 Å². The zero-order valence-electron chi connectivity index (χ0n) is 12.4. The summed E-state index contributed by atoms with van der Waals surface area (Å²) in [7, 11) is 3.19. The van der Waals surface area contributed by atoms with Crippen LogP contribution in [-0.2, 0) is 6.61 Å². The fraction of sp³-hybridized carbons (Fsp3) is 0.235.